The summed E-state index contributed by atoms with van der Waals surface area (Å²) >= 11 is 0. The molecule has 0 atom stereocenters. The van der Waals surface area contributed by atoms with Crippen LogP contribution < -0.4 is 9.05 Å². The SMILES string of the molecule is CC(C)(C)c1cc(-c2cc(C(C)(C)C)cc(C(C)(C)C)c2OP(O)O)c(OP(O)O)c(C(C)(C)C)c1. The third-order valence-electron chi connectivity index (χ3n) is 6.16. The zero-order valence-electron chi connectivity index (χ0n) is 23.8. The maximum Gasteiger partial charge on any atom is 0.391 e. The van der Waals surface area contributed by atoms with Crippen molar-refractivity contribution in [1.82, 2.24) is 0 Å². The van der Waals surface area contributed by atoms with Crippen LogP contribution in [0, 0.1) is 0 Å². The predicted octanol–water partition coefficient (Wildman–Crippen LogP) is 7.72. The smallest absolute Gasteiger partial charge is 0.391 e. The van der Waals surface area contributed by atoms with Gasteiger partial charge in [0.15, 0.2) is 0 Å². The molecule has 0 saturated carbocycles. The first-order chi connectivity index (χ1) is 16.0. The molecule has 0 amide bonds. The van der Waals surface area contributed by atoms with E-state index in [2.05, 4.69) is 53.7 Å². The van der Waals surface area contributed by atoms with Gasteiger partial charge < -0.3 is 28.6 Å². The lowest BCUT2D eigenvalue weighted by molar-refractivity contribution is 0.366. The third kappa shape index (κ3) is 7.40. The average molecular weight is 539 g/mol. The van der Waals surface area contributed by atoms with Crippen LogP contribution in [-0.2, 0) is 21.7 Å². The monoisotopic (exact) mass is 538 g/mol. The molecule has 0 aromatic heterocycles. The van der Waals surface area contributed by atoms with E-state index in [4.69, 9.17) is 9.05 Å². The van der Waals surface area contributed by atoms with Gasteiger partial charge in [-0.1, -0.05) is 95.2 Å². The summed E-state index contributed by atoms with van der Waals surface area (Å²) in [6.07, 6.45) is 0. The Balaban J connectivity index is 3.23. The number of benzene rings is 2. The molecule has 0 saturated heterocycles. The fraction of sp³-hybridized carbons (Fsp3) is 0.571. The van der Waals surface area contributed by atoms with E-state index < -0.39 is 17.2 Å². The van der Waals surface area contributed by atoms with E-state index in [0.29, 0.717) is 22.6 Å². The summed E-state index contributed by atoms with van der Waals surface area (Å²) < 4.78 is 11.5. The maximum atomic E-state index is 9.97. The van der Waals surface area contributed by atoms with Crippen LogP contribution in [-0.4, -0.2) is 19.6 Å². The summed E-state index contributed by atoms with van der Waals surface area (Å²) in [7, 11) is -5.41. The summed E-state index contributed by atoms with van der Waals surface area (Å²) in [4.78, 5) is 39.9. The van der Waals surface area contributed by atoms with Gasteiger partial charge in [-0.15, -0.1) is 0 Å². The van der Waals surface area contributed by atoms with Gasteiger partial charge in [0.1, 0.15) is 11.5 Å². The number of hydrogen-bond acceptors (Lipinski definition) is 6. The van der Waals surface area contributed by atoms with Gasteiger partial charge in [-0.25, -0.2) is 0 Å². The van der Waals surface area contributed by atoms with Crippen molar-refractivity contribution in [2.45, 2.75) is 105 Å². The van der Waals surface area contributed by atoms with Crippen molar-refractivity contribution >= 4 is 17.2 Å². The van der Waals surface area contributed by atoms with Crippen molar-refractivity contribution in [2.75, 3.05) is 0 Å². The van der Waals surface area contributed by atoms with Crippen molar-refractivity contribution in [3.8, 4) is 22.6 Å². The molecule has 4 N–H and O–H groups in total. The Morgan fingerprint density at radius 1 is 0.472 bits per heavy atom. The van der Waals surface area contributed by atoms with Crippen molar-refractivity contribution < 1.29 is 28.6 Å². The Hall–Kier alpha value is -1.26. The summed E-state index contributed by atoms with van der Waals surface area (Å²) in [5, 5.41) is 0. The molecule has 36 heavy (non-hydrogen) atoms. The van der Waals surface area contributed by atoms with E-state index in [-0.39, 0.29) is 21.7 Å². The molecule has 8 heteroatoms. The van der Waals surface area contributed by atoms with Crippen LogP contribution in [0.15, 0.2) is 24.3 Å². The molecule has 0 unspecified atom stereocenters. The second kappa shape index (κ2) is 10.5. The van der Waals surface area contributed by atoms with Gasteiger partial charge in [-0.2, -0.15) is 0 Å². The molecule has 0 bridgehead atoms. The Bertz CT molecular complexity index is 994. The van der Waals surface area contributed by atoms with E-state index in [0.717, 1.165) is 22.3 Å². The van der Waals surface area contributed by atoms with Crippen LogP contribution in [0.2, 0.25) is 0 Å². The molecule has 0 aliphatic carbocycles. The fourth-order valence-corrected chi connectivity index (χ4v) is 4.72. The lowest BCUT2D eigenvalue weighted by atomic mass is 9.75. The third-order valence-corrected chi connectivity index (χ3v) is 6.85. The Kier molecular flexibility index (Phi) is 9.01. The van der Waals surface area contributed by atoms with E-state index in [9.17, 15) is 19.6 Å². The molecule has 2 aromatic carbocycles. The fourth-order valence-electron chi connectivity index (χ4n) is 4.00. The van der Waals surface area contributed by atoms with Crippen molar-refractivity contribution in [2.24, 2.45) is 0 Å². The number of hydrogen-bond donors (Lipinski definition) is 4. The molecule has 0 aliphatic rings. The van der Waals surface area contributed by atoms with E-state index >= 15 is 0 Å². The van der Waals surface area contributed by atoms with E-state index in [1.54, 1.807) is 0 Å². The minimum Gasteiger partial charge on any atom is -0.426 e. The normalized spacial score (nSPS) is 13.5. The van der Waals surface area contributed by atoms with Crippen LogP contribution in [0.4, 0.5) is 0 Å². The molecule has 2 rings (SSSR count). The molecule has 0 aliphatic heterocycles. The zero-order valence-corrected chi connectivity index (χ0v) is 25.6. The maximum absolute atomic E-state index is 9.97. The first-order valence-corrected chi connectivity index (χ1v) is 14.5. The second-order valence-corrected chi connectivity index (χ2v) is 14.9. The van der Waals surface area contributed by atoms with Crippen molar-refractivity contribution in [3.63, 3.8) is 0 Å². The Morgan fingerprint density at radius 2 is 0.750 bits per heavy atom. The van der Waals surface area contributed by atoms with Gasteiger partial charge in [0.25, 0.3) is 0 Å². The Labute approximate surface area is 219 Å². The van der Waals surface area contributed by atoms with Gasteiger partial charge in [0.2, 0.25) is 0 Å². The second-order valence-electron chi connectivity index (χ2n) is 13.5. The van der Waals surface area contributed by atoms with Crippen molar-refractivity contribution in [3.05, 3.63) is 46.5 Å². The topological polar surface area (TPSA) is 99.4 Å². The van der Waals surface area contributed by atoms with Crippen LogP contribution in [0.1, 0.15) is 105 Å². The van der Waals surface area contributed by atoms with Gasteiger partial charge >= 0.3 is 17.2 Å². The van der Waals surface area contributed by atoms with Crippen LogP contribution in [0.25, 0.3) is 11.1 Å². The first-order valence-electron chi connectivity index (χ1n) is 12.1. The zero-order chi connectivity index (χ0) is 28.0. The molecule has 0 radical (unpaired) electrons. The van der Waals surface area contributed by atoms with Crippen LogP contribution in [0.3, 0.4) is 0 Å². The standard InChI is InChI=1S/C28H44O6P2/c1-25(2,3)17-13-19(23(33-35(29)30)21(15-17)27(7,8)9)20-14-18(26(4,5)6)16-22(28(10,11)12)24(20)34-36(31)32/h13-16,29-32H,1-12H3. The molecule has 0 heterocycles. The van der Waals surface area contributed by atoms with Gasteiger partial charge in [-0.05, 0) is 44.9 Å². The molecule has 202 valence electrons. The van der Waals surface area contributed by atoms with E-state index in [1.165, 1.54) is 0 Å². The molecule has 2 aromatic rings. The van der Waals surface area contributed by atoms with Crippen molar-refractivity contribution in [1.29, 1.82) is 0 Å². The highest BCUT2D eigenvalue weighted by atomic mass is 31.2. The minimum atomic E-state index is -2.71. The molecular formula is C28H44O6P2. The molecule has 0 fully saturated rings. The van der Waals surface area contributed by atoms with Gasteiger partial charge in [-0.3, -0.25) is 0 Å². The summed E-state index contributed by atoms with van der Waals surface area (Å²) in [6, 6.07) is 8.09. The predicted molar refractivity (Wildman–Crippen MR) is 151 cm³/mol. The molecular weight excluding hydrogens is 494 g/mol. The first kappa shape index (κ1) is 31.0. The average Bonchev–Trinajstić information content (AvgIpc) is 2.63. The van der Waals surface area contributed by atoms with Gasteiger partial charge in [0.05, 0.1) is 0 Å². The van der Waals surface area contributed by atoms with Gasteiger partial charge in [0, 0.05) is 22.3 Å². The Morgan fingerprint density at radius 3 is 0.944 bits per heavy atom. The van der Waals surface area contributed by atoms with Crippen LogP contribution in [0.5, 0.6) is 11.5 Å². The summed E-state index contributed by atoms with van der Waals surface area (Å²) in [5.41, 5.74) is 3.75. The quantitative estimate of drug-likeness (QED) is 0.291. The molecule has 6 nitrogen and oxygen atoms in total. The number of rotatable bonds is 5. The highest BCUT2D eigenvalue weighted by Gasteiger charge is 2.33. The largest absolute Gasteiger partial charge is 0.426 e. The van der Waals surface area contributed by atoms with E-state index in [1.807, 2.05) is 53.7 Å². The van der Waals surface area contributed by atoms with Crippen LogP contribution >= 0.6 is 17.2 Å². The summed E-state index contributed by atoms with van der Waals surface area (Å²) in [5.74, 6) is 0.699. The highest BCUT2D eigenvalue weighted by Crippen LogP contribution is 2.52. The highest BCUT2D eigenvalue weighted by molar-refractivity contribution is 7.40. The minimum absolute atomic E-state index is 0.216. The lowest BCUT2D eigenvalue weighted by Gasteiger charge is -2.32. The molecule has 0 spiro atoms. The summed E-state index contributed by atoms with van der Waals surface area (Å²) in [6.45, 7) is 25.0. The lowest BCUT2D eigenvalue weighted by Crippen LogP contribution is -2.20.